The van der Waals surface area contributed by atoms with Crippen molar-refractivity contribution in [3.63, 3.8) is 0 Å². The number of nitrogens with zero attached hydrogens (tertiary/aromatic N) is 4. The summed E-state index contributed by atoms with van der Waals surface area (Å²) in [4.78, 5) is 80.8. The molecule has 1 aromatic heterocycles. The number of hydrogen-bond donors (Lipinski definition) is 8. The number of amides is 5. The first-order chi connectivity index (χ1) is 33.3. The highest BCUT2D eigenvalue weighted by atomic mass is 16.5. The zero-order valence-electron chi connectivity index (χ0n) is 39.2. The van der Waals surface area contributed by atoms with Gasteiger partial charge in [-0.05, 0) is 112 Å². The second-order valence-corrected chi connectivity index (χ2v) is 17.0. The average Bonchev–Trinajstić information content (AvgIpc) is 3.34. The molecule has 2 heterocycles. The molecule has 0 radical (unpaired) electrons. The van der Waals surface area contributed by atoms with Gasteiger partial charge in [-0.2, -0.15) is 5.26 Å². The normalized spacial score (nSPS) is 17.7. The Balaban J connectivity index is 1.34. The molecule has 2 aliphatic rings. The molecule has 0 spiro atoms. The van der Waals surface area contributed by atoms with Crippen LogP contribution in [0.2, 0.25) is 0 Å². The number of benzene rings is 3. The summed E-state index contributed by atoms with van der Waals surface area (Å²) in [5.74, 6) is -1.90. The van der Waals surface area contributed by atoms with E-state index in [1.807, 2.05) is 30.3 Å². The SMILES string of the molecule is Cc1nc(-c2ccc(OC3CCCCC3)cc2)nc(N)c1C(=O)N[C@@H](CCN)C(=O)N(C)[C@@H]1C(=O)N[C@@H](C)C(=O)N[C@H](C(=O)NCC#N)Cc2ccc(OCCN)c(c2)-c2cc1ccc2OCCN. The summed E-state index contributed by atoms with van der Waals surface area (Å²) in [7, 11) is 1.39. The average molecular weight is 947 g/mol. The number of rotatable bonds is 17. The Morgan fingerprint density at radius 3 is 2.19 bits per heavy atom. The van der Waals surface area contributed by atoms with Gasteiger partial charge in [-0.1, -0.05) is 18.6 Å². The van der Waals surface area contributed by atoms with Crippen molar-refractivity contribution in [3.8, 4) is 45.8 Å². The molecule has 1 saturated carbocycles. The number of carbonyl (C=O) groups is 5. The Morgan fingerprint density at radius 1 is 0.884 bits per heavy atom. The molecule has 5 amide bonds. The Hall–Kier alpha value is -7.34. The van der Waals surface area contributed by atoms with E-state index in [9.17, 15) is 29.2 Å². The van der Waals surface area contributed by atoms with Gasteiger partial charge in [-0.25, -0.2) is 9.97 Å². The van der Waals surface area contributed by atoms with Crippen LogP contribution in [0.1, 0.15) is 78.7 Å². The fourth-order valence-corrected chi connectivity index (χ4v) is 8.42. The van der Waals surface area contributed by atoms with Crippen LogP contribution in [0.3, 0.4) is 0 Å². The number of nitriles is 1. The number of aromatic nitrogens is 2. The molecule has 20 nitrogen and oxygen atoms in total. The number of nitrogens with two attached hydrogens (primary N) is 4. The van der Waals surface area contributed by atoms with Gasteiger partial charge in [-0.3, -0.25) is 24.0 Å². The predicted molar refractivity (Wildman–Crippen MR) is 257 cm³/mol. The highest BCUT2D eigenvalue weighted by Gasteiger charge is 2.36. The molecular weight excluding hydrogens is 885 g/mol. The van der Waals surface area contributed by atoms with Crippen LogP contribution in [0.5, 0.6) is 17.2 Å². The molecule has 1 aliphatic carbocycles. The summed E-state index contributed by atoms with van der Waals surface area (Å²) < 4.78 is 18.4. The summed E-state index contributed by atoms with van der Waals surface area (Å²) in [5.41, 5.74) is 26.8. The van der Waals surface area contributed by atoms with E-state index >= 15 is 0 Å². The van der Waals surface area contributed by atoms with E-state index < -0.39 is 53.7 Å². The molecule has 366 valence electrons. The summed E-state index contributed by atoms with van der Waals surface area (Å²) in [5, 5.41) is 19.8. The smallest absolute Gasteiger partial charge is 0.257 e. The first-order valence-electron chi connectivity index (χ1n) is 23.1. The van der Waals surface area contributed by atoms with Crippen LogP contribution < -0.4 is 58.4 Å². The molecule has 3 aromatic carbocycles. The monoisotopic (exact) mass is 946 g/mol. The maximum atomic E-state index is 14.7. The molecule has 1 fully saturated rings. The lowest BCUT2D eigenvalue weighted by Crippen LogP contribution is -2.56. The highest BCUT2D eigenvalue weighted by molar-refractivity contribution is 6.02. The third-order valence-corrected chi connectivity index (χ3v) is 11.9. The van der Waals surface area contributed by atoms with Crippen LogP contribution in [0.4, 0.5) is 5.82 Å². The topological polar surface area (TPSA) is 318 Å². The molecule has 1 aliphatic heterocycles. The summed E-state index contributed by atoms with van der Waals surface area (Å²) in [6.07, 6.45) is 5.69. The lowest BCUT2D eigenvalue weighted by atomic mass is 9.93. The third kappa shape index (κ3) is 12.8. The van der Waals surface area contributed by atoms with Crippen LogP contribution in [-0.4, -0.2) is 115 Å². The van der Waals surface area contributed by atoms with E-state index in [1.54, 1.807) is 43.3 Å². The lowest BCUT2D eigenvalue weighted by molar-refractivity contribution is -0.141. The molecule has 6 rings (SSSR count). The molecule has 4 atom stereocenters. The number of ether oxygens (including phenoxy) is 3. The van der Waals surface area contributed by atoms with Crippen LogP contribution in [0.25, 0.3) is 22.5 Å². The van der Waals surface area contributed by atoms with Crippen LogP contribution in [0, 0.1) is 18.3 Å². The number of aryl methyl sites for hydroxylation is 1. The van der Waals surface area contributed by atoms with Crippen molar-refractivity contribution in [2.24, 2.45) is 17.2 Å². The Labute approximate surface area is 401 Å². The largest absolute Gasteiger partial charge is 0.492 e. The minimum Gasteiger partial charge on any atom is -0.492 e. The van der Waals surface area contributed by atoms with E-state index in [4.69, 9.17) is 37.1 Å². The fraction of sp³-hybridized carbons (Fsp3) is 0.429. The van der Waals surface area contributed by atoms with Crippen molar-refractivity contribution in [1.82, 2.24) is 36.1 Å². The molecule has 20 heteroatoms. The van der Waals surface area contributed by atoms with E-state index in [2.05, 4.69) is 31.2 Å². The second kappa shape index (κ2) is 24.1. The molecule has 69 heavy (non-hydrogen) atoms. The molecule has 4 aromatic rings. The fourth-order valence-electron chi connectivity index (χ4n) is 8.42. The van der Waals surface area contributed by atoms with Gasteiger partial charge in [0.15, 0.2) is 5.82 Å². The van der Waals surface area contributed by atoms with Gasteiger partial charge in [0.2, 0.25) is 23.6 Å². The van der Waals surface area contributed by atoms with Gasteiger partial charge in [-0.15, -0.1) is 0 Å². The minimum atomic E-state index is -1.43. The van der Waals surface area contributed by atoms with Gasteiger partial charge in [0.1, 0.15) is 72.6 Å². The standard InChI is InChI=1S/C49H62N12O8/c1-28-41(43(54)60-44(56-28)31-10-13-34(14-11-31)69-33-7-5-4-6-8-33)47(64)58-37(17-18-50)49(66)61(3)42-32-12-16-40(68-24-21-53)36(27-32)35-25-30(9-15-39(35)67-23-20-52)26-38(46(63)55-22-19-51)59-45(62)29(2)57-48(42)65/h9-16,25,27,29,33,37-38,42H,4-8,17-18,20-24,26,50,52-53H2,1-3H3,(H,55,63)(H,57,65)(H,58,64)(H,59,62)(H2,54,56,60)/t29-,37-,38-,42-/m0/s1. The molecular formula is C49H62N12O8. The van der Waals surface area contributed by atoms with Crippen molar-refractivity contribution in [3.05, 3.63) is 83.0 Å². The first kappa shape index (κ1) is 51.1. The van der Waals surface area contributed by atoms with Crippen LogP contribution in [-0.2, 0) is 25.6 Å². The predicted octanol–water partition coefficient (Wildman–Crippen LogP) is 1.92. The summed E-state index contributed by atoms with van der Waals surface area (Å²) in [6.45, 7) is 3.32. The van der Waals surface area contributed by atoms with E-state index in [0.29, 0.717) is 45.1 Å². The van der Waals surface area contributed by atoms with Crippen molar-refractivity contribution in [1.29, 1.82) is 5.26 Å². The Morgan fingerprint density at radius 2 is 1.55 bits per heavy atom. The molecule has 0 saturated heterocycles. The van der Waals surface area contributed by atoms with Gasteiger partial charge in [0.25, 0.3) is 5.91 Å². The van der Waals surface area contributed by atoms with Crippen molar-refractivity contribution in [2.75, 3.05) is 52.2 Å². The third-order valence-electron chi connectivity index (χ3n) is 11.9. The van der Waals surface area contributed by atoms with Gasteiger partial charge in [0, 0.05) is 43.2 Å². The number of carbonyl (C=O) groups excluding carboxylic acids is 5. The highest BCUT2D eigenvalue weighted by Crippen LogP contribution is 2.40. The number of likely N-dealkylation sites (N-methyl/N-ethyl adjacent to an activating group) is 1. The van der Waals surface area contributed by atoms with Crippen LogP contribution in [0.15, 0.2) is 60.7 Å². The Kier molecular flexibility index (Phi) is 17.8. The number of anilines is 1. The lowest BCUT2D eigenvalue weighted by Gasteiger charge is -2.32. The molecule has 12 N–H and O–H groups in total. The maximum absolute atomic E-state index is 14.7. The van der Waals surface area contributed by atoms with E-state index in [0.717, 1.165) is 36.3 Å². The first-order valence-corrected chi connectivity index (χ1v) is 23.1. The van der Waals surface area contributed by atoms with Crippen LogP contribution >= 0.6 is 0 Å². The zero-order chi connectivity index (χ0) is 49.6. The van der Waals surface area contributed by atoms with Gasteiger partial charge < -0.3 is 63.3 Å². The number of nitrogen functional groups attached to an aromatic ring is 1. The summed E-state index contributed by atoms with van der Waals surface area (Å²) >= 11 is 0. The zero-order valence-corrected chi connectivity index (χ0v) is 39.2. The summed E-state index contributed by atoms with van der Waals surface area (Å²) in [6, 6.07) is 14.2. The second-order valence-electron chi connectivity index (χ2n) is 17.0. The van der Waals surface area contributed by atoms with Crippen molar-refractivity contribution < 1.29 is 38.2 Å². The van der Waals surface area contributed by atoms with Gasteiger partial charge >= 0.3 is 0 Å². The van der Waals surface area contributed by atoms with Crippen molar-refractivity contribution >= 4 is 35.4 Å². The minimum absolute atomic E-state index is 0.00792. The van der Waals surface area contributed by atoms with Gasteiger partial charge in [0.05, 0.1) is 17.9 Å². The molecule has 4 bridgehead atoms. The maximum Gasteiger partial charge on any atom is 0.257 e. The number of fused-ring (bicyclic) bond motifs is 5. The van der Waals surface area contributed by atoms with E-state index in [-0.39, 0.29) is 75.4 Å². The Bertz CT molecular complexity index is 2500. The van der Waals surface area contributed by atoms with E-state index in [1.165, 1.54) is 20.4 Å². The van der Waals surface area contributed by atoms with Crippen molar-refractivity contribution in [2.45, 2.75) is 89.1 Å². The molecule has 0 unspecified atom stereocenters. The quantitative estimate of drug-likeness (QED) is 0.0702. The number of hydrogen-bond acceptors (Lipinski definition) is 15. The number of nitrogens with one attached hydrogen (secondary N) is 4.